The van der Waals surface area contributed by atoms with Crippen LogP contribution in [0.15, 0.2) is 5.16 Å². The molecule has 0 radical (unpaired) electrons. The van der Waals surface area contributed by atoms with Gasteiger partial charge in [-0.3, -0.25) is 5.10 Å². The lowest BCUT2D eigenvalue weighted by Gasteiger charge is -2.15. The largest absolute Gasteiger partial charge is 0.298 e. The number of rotatable bonds is 3. The first kappa shape index (κ1) is 12.3. The molecular formula is C6H8ClF2N3O2S. The van der Waals surface area contributed by atoms with Gasteiger partial charge in [0.25, 0.3) is 20.1 Å². The van der Waals surface area contributed by atoms with Crippen molar-refractivity contribution >= 4 is 19.7 Å². The molecule has 0 aromatic carbocycles. The number of hydrogen-bond acceptors (Lipinski definition) is 4. The van der Waals surface area contributed by atoms with Gasteiger partial charge in [0.2, 0.25) is 0 Å². The second-order valence-corrected chi connectivity index (χ2v) is 5.58. The number of halogens is 3. The number of nitrogens with zero attached hydrogens (tertiary/aromatic N) is 2. The van der Waals surface area contributed by atoms with E-state index in [0.29, 0.717) is 6.92 Å². The Morgan fingerprint density at radius 2 is 2.07 bits per heavy atom. The summed E-state index contributed by atoms with van der Waals surface area (Å²) in [6.45, 7) is 1.90. The highest BCUT2D eigenvalue weighted by molar-refractivity contribution is 8.13. The maximum Gasteiger partial charge on any atom is 0.298 e. The molecule has 0 amide bonds. The fourth-order valence-electron chi connectivity index (χ4n) is 0.801. The molecule has 0 saturated heterocycles. The van der Waals surface area contributed by atoms with E-state index >= 15 is 0 Å². The van der Waals surface area contributed by atoms with Crippen molar-refractivity contribution in [3.8, 4) is 0 Å². The molecular weight excluding hydrogens is 252 g/mol. The summed E-state index contributed by atoms with van der Waals surface area (Å²) < 4.78 is 47.2. The topological polar surface area (TPSA) is 75.7 Å². The van der Waals surface area contributed by atoms with Gasteiger partial charge in [0.15, 0.2) is 0 Å². The number of hydrogen-bond donors (Lipinski definition) is 1. The van der Waals surface area contributed by atoms with Crippen molar-refractivity contribution < 1.29 is 17.2 Å². The molecule has 0 spiro atoms. The Morgan fingerprint density at radius 1 is 1.53 bits per heavy atom. The molecule has 1 unspecified atom stereocenters. The quantitative estimate of drug-likeness (QED) is 0.835. The minimum absolute atomic E-state index is 0.221. The van der Waals surface area contributed by atoms with Crippen molar-refractivity contribution in [2.75, 3.05) is 0 Å². The normalized spacial score (nSPS) is 15.3. The van der Waals surface area contributed by atoms with Gasteiger partial charge >= 0.3 is 0 Å². The molecule has 0 aliphatic carbocycles. The molecule has 0 bridgehead atoms. The molecule has 1 aromatic heterocycles. The Hall–Kier alpha value is -0.760. The van der Waals surface area contributed by atoms with Crippen LogP contribution in [0.25, 0.3) is 0 Å². The maximum atomic E-state index is 12.8. The van der Waals surface area contributed by atoms with Gasteiger partial charge in [0.05, 0.1) is 5.92 Å². The molecule has 0 fully saturated rings. The van der Waals surface area contributed by atoms with Gasteiger partial charge in [-0.2, -0.15) is 0 Å². The highest BCUT2D eigenvalue weighted by Crippen LogP contribution is 2.30. The summed E-state index contributed by atoms with van der Waals surface area (Å²) in [5.74, 6) is -4.51. The molecule has 1 N–H and O–H groups in total. The van der Waals surface area contributed by atoms with Crippen LogP contribution in [-0.4, -0.2) is 29.5 Å². The van der Waals surface area contributed by atoms with Crippen LogP contribution in [0.4, 0.5) is 8.78 Å². The van der Waals surface area contributed by atoms with Gasteiger partial charge in [-0.25, -0.2) is 22.2 Å². The third kappa shape index (κ3) is 2.85. The lowest BCUT2D eigenvalue weighted by molar-refractivity contribution is -0.00474. The van der Waals surface area contributed by atoms with E-state index in [4.69, 9.17) is 10.7 Å². The van der Waals surface area contributed by atoms with Crippen LogP contribution in [-0.2, 0) is 9.05 Å². The molecule has 0 aliphatic rings. The van der Waals surface area contributed by atoms with Crippen LogP contribution < -0.4 is 0 Å². The first-order valence-corrected chi connectivity index (χ1v) is 6.18. The lowest BCUT2D eigenvalue weighted by atomic mass is 10.1. The van der Waals surface area contributed by atoms with E-state index in [0.717, 1.165) is 0 Å². The first-order chi connectivity index (χ1) is 6.62. The molecule has 5 nitrogen and oxygen atoms in total. The van der Waals surface area contributed by atoms with Gasteiger partial charge in [-0.15, -0.1) is 5.10 Å². The number of nitrogens with one attached hydrogen (secondary N) is 1. The van der Waals surface area contributed by atoms with Crippen LogP contribution in [0.5, 0.6) is 0 Å². The standard InChI is InChI=1S/C6H8ClF2N3O2S/c1-3(6(2,8)9)4-10-5(12-11-4)15(7,13)14/h3H,1-2H3,(H,10,11,12). The molecule has 0 saturated carbocycles. The molecule has 1 atom stereocenters. The van der Waals surface area contributed by atoms with Gasteiger partial charge in [-0.05, 0) is 6.92 Å². The van der Waals surface area contributed by atoms with Crippen LogP contribution in [0.3, 0.4) is 0 Å². The highest BCUT2D eigenvalue weighted by Gasteiger charge is 2.34. The molecule has 1 aromatic rings. The van der Waals surface area contributed by atoms with Crippen molar-refractivity contribution in [1.29, 1.82) is 0 Å². The van der Waals surface area contributed by atoms with Crippen molar-refractivity contribution in [3.05, 3.63) is 5.82 Å². The Morgan fingerprint density at radius 3 is 2.40 bits per heavy atom. The van der Waals surface area contributed by atoms with Crippen molar-refractivity contribution in [1.82, 2.24) is 15.2 Å². The summed E-state index contributed by atoms with van der Waals surface area (Å²) in [5, 5.41) is 4.65. The Bertz CT molecular complexity index is 453. The minimum atomic E-state index is -4.09. The van der Waals surface area contributed by atoms with E-state index in [9.17, 15) is 17.2 Å². The molecule has 86 valence electrons. The second-order valence-electron chi connectivity index (χ2n) is 3.12. The molecule has 9 heteroatoms. The van der Waals surface area contributed by atoms with Crippen LogP contribution >= 0.6 is 10.7 Å². The van der Waals surface area contributed by atoms with Crippen LogP contribution in [0, 0.1) is 0 Å². The summed E-state index contributed by atoms with van der Waals surface area (Å²) in [7, 11) is 0.843. The average molecular weight is 260 g/mol. The fraction of sp³-hybridized carbons (Fsp3) is 0.667. The van der Waals surface area contributed by atoms with E-state index in [1.165, 1.54) is 6.92 Å². The Balaban J connectivity index is 3.06. The van der Waals surface area contributed by atoms with Gasteiger partial charge in [0.1, 0.15) is 5.82 Å². The summed E-state index contributed by atoms with van der Waals surface area (Å²) in [4.78, 5) is 3.38. The van der Waals surface area contributed by atoms with Crippen LogP contribution in [0.1, 0.15) is 25.6 Å². The van der Waals surface area contributed by atoms with Gasteiger partial charge < -0.3 is 0 Å². The van der Waals surface area contributed by atoms with Gasteiger partial charge in [-0.1, -0.05) is 0 Å². The van der Waals surface area contributed by atoms with Crippen molar-refractivity contribution in [2.45, 2.75) is 30.8 Å². The average Bonchev–Trinajstić information content (AvgIpc) is 2.47. The summed E-state index contributed by atoms with van der Waals surface area (Å²) >= 11 is 0. The summed E-state index contributed by atoms with van der Waals surface area (Å²) in [5.41, 5.74) is 0. The zero-order valence-electron chi connectivity index (χ0n) is 7.83. The number of alkyl halides is 2. The third-order valence-corrected chi connectivity index (χ3v) is 2.90. The summed E-state index contributed by atoms with van der Waals surface area (Å²) in [6, 6.07) is 0. The minimum Gasteiger partial charge on any atom is -0.262 e. The van der Waals surface area contributed by atoms with Crippen molar-refractivity contribution in [3.63, 3.8) is 0 Å². The maximum absolute atomic E-state index is 12.8. The Labute approximate surface area is 89.3 Å². The second kappa shape index (κ2) is 3.67. The Kier molecular flexibility index (Phi) is 3.01. The van der Waals surface area contributed by atoms with E-state index in [1.807, 2.05) is 0 Å². The predicted octanol–water partition coefficient (Wildman–Crippen LogP) is 1.49. The smallest absolute Gasteiger partial charge is 0.262 e. The van der Waals surface area contributed by atoms with E-state index in [2.05, 4.69) is 15.2 Å². The SMILES string of the molecule is CC(c1nc(S(=O)(=O)Cl)n[nH]1)C(C)(F)F. The predicted molar refractivity (Wildman–Crippen MR) is 48.5 cm³/mol. The number of aromatic nitrogens is 3. The number of H-pyrrole nitrogens is 1. The summed E-state index contributed by atoms with van der Waals surface area (Å²) in [6.07, 6.45) is 0. The third-order valence-electron chi connectivity index (χ3n) is 1.87. The fourth-order valence-corrected chi connectivity index (χ4v) is 1.37. The highest BCUT2D eigenvalue weighted by atomic mass is 35.7. The van der Waals surface area contributed by atoms with E-state index in [1.54, 1.807) is 0 Å². The van der Waals surface area contributed by atoms with E-state index in [-0.39, 0.29) is 5.82 Å². The molecule has 0 aliphatic heterocycles. The molecule has 1 heterocycles. The lowest BCUT2D eigenvalue weighted by Crippen LogP contribution is -2.20. The molecule has 15 heavy (non-hydrogen) atoms. The van der Waals surface area contributed by atoms with Crippen LogP contribution in [0.2, 0.25) is 0 Å². The monoisotopic (exact) mass is 259 g/mol. The van der Waals surface area contributed by atoms with Crippen molar-refractivity contribution in [2.24, 2.45) is 0 Å². The zero-order chi connectivity index (χ0) is 11.9. The number of aromatic amines is 1. The van der Waals surface area contributed by atoms with E-state index < -0.39 is 26.0 Å². The molecule has 1 rings (SSSR count). The zero-order valence-corrected chi connectivity index (χ0v) is 9.40. The van der Waals surface area contributed by atoms with Gasteiger partial charge in [0, 0.05) is 17.6 Å². The first-order valence-electron chi connectivity index (χ1n) is 3.87.